The zero-order chi connectivity index (χ0) is 14.8. The average molecular weight is 338 g/mol. The maximum absolute atomic E-state index is 6.18. The number of rotatable bonds is 3. The summed E-state index contributed by atoms with van der Waals surface area (Å²) in [7, 11) is 0. The number of hydrogen-bond donors (Lipinski definition) is 1. The van der Waals surface area contributed by atoms with E-state index in [0.29, 0.717) is 21.5 Å². The van der Waals surface area contributed by atoms with Crippen molar-refractivity contribution in [2.45, 2.75) is 6.42 Å². The Morgan fingerprint density at radius 2 is 1.57 bits per heavy atom. The first-order valence-corrected chi connectivity index (χ1v) is 7.49. The number of halogens is 3. The number of imidazole rings is 1. The van der Waals surface area contributed by atoms with Crippen molar-refractivity contribution in [3.63, 3.8) is 0 Å². The Bertz CT molecular complexity index is 743. The standard InChI is InChI=1S/C16H11Cl3N2/c17-11-6-4-10(5-7-11)15-9-20-16(21-15)8-12-13(18)2-1-3-14(12)19/h1-7,9H,8H2,(H,20,21). The van der Waals surface area contributed by atoms with Gasteiger partial charge in [0, 0.05) is 21.5 Å². The summed E-state index contributed by atoms with van der Waals surface area (Å²) in [4.78, 5) is 7.67. The molecule has 0 radical (unpaired) electrons. The van der Waals surface area contributed by atoms with Crippen molar-refractivity contribution in [1.82, 2.24) is 9.97 Å². The molecule has 106 valence electrons. The van der Waals surface area contributed by atoms with Crippen LogP contribution < -0.4 is 0 Å². The van der Waals surface area contributed by atoms with E-state index in [1.807, 2.05) is 42.5 Å². The molecular formula is C16H11Cl3N2. The molecule has 0 bridgehead atoms. The minimum Gasteiger partial charge on any atom is -0.342 e. The Labute approximate surface area is 137 Å². The summed E-state index contributed by atoms with van der Waals surface area (Å²) < 4.78 is 0. The van der Waals surface area contributed by atoms with Crippen LogP contribution in [-0.4, -0.2) is 9.97 Å². The van der Waals surface area contributed by atoms with Crippen molar-refractivity contribution in [2.24, 2.45) is 0 Å². The Kier molecular flexibility index (Phi) is 4.20. The molecule has 21 heavy (non-hydrogen) atoms. The summed E-state index contributed by atoms with van der Waals surface area (Å²) in [6.07, 6.45) is 2.36. The molecule has 0 fully saturated rings. The Balaban J connectivity index is 1.87. The summed E-state index contributed by atoms with van der Waals surface area (Å²) in [5.41, 5.74) is 2.84. The van der Waals surface area contributed by atoms with Crippen molar-refractivity contribution in [1.29, 1.82) is 0 Å². The maximum atomic E-state index is 6.18. The van der Waals surface area contributed by atoms with E-state index in [9.17, 15) is 0 Å². The molecule has 0 saturated carbocycles. The molecule has 2 aromatic carbocycles. The van der Waals surface area contributed by atoms with Gasteiger partial charge in [0.25, 0.3) is 0 Å². The second-order valence-electron chi connectivity index (χ2n) is 4.63. The van der Waals surface area contributed by atoms with Crippen LogP contribution in [0.2, 0.25) is 15.1 Å². The molecule has 0 atom stereocenters. The van der Waals surface area contributed by atoms with Gasteiger partial charge in [0.2, 0.25) is 0 Å². The number of nitrogens with one attached hydrogen (secondary N) is 1. The second-order valence-corrected chi connectivity index (χ2v) is 5.88. The molecule has 0 unspecified atom stereocenters. The van der Waals surface area contributed by atoms with Gasteiger partial charge in [-0.15, -0.1) is 0 Å². The minimum absolute atomic E-state index is 0.562. The summed E-state index contributed by atoms with van der Waals surface area (Å²) in [5.74, 6) is 0.815. The molecule has 0 aliphatic carbocycles. The maximum Gasteiger partial charge on any atom is 0.111 e. The van der Waals surface area contributed by atoms with Gasteiger partial charge < -0.3 is 4.98 Å². The highest BCUT2D eigenvalue weighted by molar-refractivity contribution is 6.36. The SMILES string of the molecule is Clc1ccc(-c2cnc(Cc3c(Cl)cccc3Cl)[nH]2)cc1. The number of nitrogens with zero attached hydrogens (tertiary/aromatic N) is 1. The van der Waals surface area contributed by atoms with E-state index in [0.717, 1.165) is 22.6 Å². The van der Waals surface area contributed by atoms with Crippen molar-refractivity contribution in [3.05, 3.63) is 75.1 Å². The molecule has 3 aromatic rings. The van der Waals surface area contributed by atoms with Gasteiger partial charge in [-0.2, -0.15) is 0 Å². The highest BCUT2D eigenvalue weighted by Crippen LogP contribution is 2.27. The zero-order valence-corrected chi connectivity index (χ0v) is 13.2. The highest BCUT2D eigenvalue weighted by atomic mass is 35.5. The first kappa shape index (κ1) is 14.5. The van der Waals surface area contributed by atoms with Crippen LogP contribution in [0.4, 0.5) is 0 Å². The normalized spacial score (nSPS) is 10.8. The van der Waals surface area contributed by atoms with Crippen molar-refractivity contribution in [3.8, 4) is 11.3 Å². The average Bonchev–Trinajstić information content (AvgIpc) is 2.92. The van der Waals surface area contributed by atoms with Crippen LogP contribution in [0.3, 0.4) is 0 Å². The van der Waals surface area contributed by atoms with Gasteiger partial charge in [0.05, 0.1) is 11.9 Å². The van der Waals surface area contributed by atoms with Gasteiger partial charge in [0.1, 0.15) is 5.82 Å². The molecule has 0 saturated heterocycles. The molecule has 0 aliphatic rings. The molecule has 3 rings (SSSR count). The first-order chi connectivity index (χ1) is 10.1. The van der Waals surface area contributed by atoms with Crippen LogP contribution in [0.25, 0.3) is 11.3 Å². The van der Waals surface area contributed by atoms with Gasteiger partial charge in [-0.3, -0.25) is 0 Å². The third-order valence-electron chi connectivity index (χ3n) is 3.19. The molecule has 0 aliphatic heterocycles. The van der Waals surface area contributed by atoms with E-state index >= 15 is 0 Å². The molecule has 0 amide bonds. The number of benzene rings is 2. The lowest BCUT2D eigenvalue weighted by molar-refractivity contribution is 1.03. The predicted molar refractivity (Wildman–Crippen MR) is 88.3 cm³/mol. The second kappa shape index (κ2) is 6.10. The van der Waals surface area contributed by atoms with Crippen LogP contribution in [0.5, 0.6) is 0 Å². The Hall–Kier alpha value is -1.48. The topological polar surface area (TPSA) is 28.7 Å². The first-order valence-electron chi connectivity index (χ1n) is 6.36. The van der Waals surface area contributed by atoms with Crippen molar-refractivity contribution in [2.75, 3.05) is 0 Å². The lowest BCUT2D eigenvalue weighted by Crippen LogP contribution is -1.93. The number of aromatic amines is 1. The molecule has 0 spiro atoms. The molecule has 1 aromatic heterocycles. The highest BCUT2D eigenvalue weighted by Gasteiger charge is 2.09. The van der Waals surface area contributed by atoms with Gasteiger partial charge >= 0.3 is 0 Å². The molecule has 2 nitrogen and oxygen atoms in total. The molecule has 1 heterocycles. The Morgan fingerprint density at radius 3 is 2.24 bits per heavy atom. The monoisotopic (exact) mass is 336 g/mol. The largest absolute Gasteiger partial charge is 0.342 e. The van der Waals surface area contributed by atoms with E-state index in [1.54, 1.807) is 6.20 Å². The minimum atomic E-state index is 0.562. The van der Waals surface area contributed by atoms with Crippen molar-refractivity contribution >= 4 is 34.8 Å². The smallest absolute Gasteiger partial charge is 0.111 e. The molecule has 1 N–H and O–H groups in total. The van der Waals surface area contributed by atoms with Gasteiger partial charge in [0.15, 0.2) is 0 Å². The van der Waals surface area contributed by atoms with Crippen LogP contribution in [0.1, 0.15) is 11.4 Å². The quantitative estimate of drug-likeness (QED) is 0.659. The number of aromatic nitrogens is 2. The zero-order valence-electron chi connectivity index (χ0n) is 10.9. The van der Waals surface area contributed by atoms with E-state index in [1.165, 1.54) is 0 Å². The predicted octanol–water partition coefficient (Wildman–Crippen LogP) is 5.63. The summed E-state index contributed by atoms with van der Waals surface area (Å²) in [6, 6.07) is 13.1. The van der Waals surface area contributed by atoms with Crippen LogP contribution >= 0.6 is 34.8 Å². The fourth-order valence-electron chi connectivity index (χ4n) is 2.10. The number of hydrogen-bond acceptors (Lipinski definition) is 1. The van der Waals surface area contributed by atoms with Gasteiger partial charge in [-0.05, 0) is 35.4 Å². The summed E-state index contributed by atoms with van der Waals surface area (Å²) in [6.45, 7) is 0. The fourth-order valence-corrected chi connectivity index (χ4v) is 2.75. The third kappa shape index (κ3) is 3.24. The molecule has 5 heteroatoms. The summed E-state index contributed by atoms with van der Waals surface area (Å²) in [5, 5.41) is 2.00. The number of H-pyrrole nitrogens is 1. The van der Waals surface area contributed by atoms with Crippen LogP contribution in [-0.2, 0) is 6.42 Å². The van der Waals surface area contributed by atoms with Crippen LogP contribution in [0.15, 0.2) is 48.7 Å². The van der Waals surface area contributed by atoms with E-state index in [2.05, 4.69) is 9.97 Å². The molecular weight excluding hydrogens is 327 g/mol. The van der Waals surface area contributed by atoms with Gasteiger partial charge in [-0.25, -0.2) is 4.98 Å². The van der Waals surface area contributed by atoms with E-state index < -0.39 is 0 Å². The lowest BCUT2D eigenvalue weighted by atomic mass is 10.1. The lowest BCUT2D eigenvalue weighted by Gasteiger charge is -2.04. The third-order valence-corrected chi connectivity index (χ3v) is 4.15. The summed E-state index contributed by atoms with van der Waals surface area (Å²) >= 11 is 18.3. The van der Waals surface area contributed by atoms with E-state index in [4.69, 9.17) is 34.8 Å². The fraction of sp³-hybridized carbons (Fsp3) is 0.0625. The van der Waals surface area contributed by atoms with Crippen LogP contribution in [0, 0.1) is 0 Å². The van der Waals surface area contributed by atoms with E-state index in [-0.39, 0.29) is 0 Å². The van der Waals surface area contributed by atoms with Gasteiger partial charge in [-0.1, -0.05) is 53.0 Å². The Morgan fingerprint density at radius 1 is 0.905 bits per heavy atom. The van der Waals surface area contributed by atoms with Crippen molar-refractivity contribution < 1.29 is 0 Å².